The van der Waals surface area contributed by atoms with Crippen molar-refractivity contribution in [1.82, 2.24) is 34.9 Å². The molecule has 0 spiro atoms. The average Bonchev–Trinajstić information content (AvgIpc) is 3.45. The Morgan fingerprint density at radius 1 is 1.13 bits per heavy atom. The van der Waals surface area contributed by atoms with Gasteiger partial charge in [0, 0.05) is 37.5 Å². The third-order valence-electron chi connectivity index (χ3n) is 5.59. The number of fused-ring (bicyclic) bond motifs is 1. The quantitative estimate of drug-likeness (QED) is 0.648. The third-order valence-corrected chi connectivity index (χ3v) is 5.59. The summed E-state index contributed by atoms with van der Waals surface area (Å²) in [6.45, 7) is 5.91. The van der Waals surface area contributed by atoms with E-state index in [0.29, 0.717) is 18.4 Å². The number of carbonyl (C=O) groups is 1. The number of anilines is 1. The third kappa shape index (κ3) is 3.42. The summed E-state index contributed by atoms with van der Waals surface area (Å²) in [5.41, 5.74) is 0.825. The van der Waals surface area contributed by atoms with Crippen molar-refractivity contribution in [3.63, 3.8) is 0 Å². The molecule has 1 saturated heterocycles. The molecule has 2 aliphatic rings. The summed E-state index contributed by atoms with van der Waals surface area (Å²) in [4.78, 5) is 26.4. The molecule has 10 heteroatoms. The summed E-state index contributed by atoms with van der Waals surface area (Å²) in [6, 6.07) is 6.68. The second-order valence-corrected chi connectivity index (χ2v) is 8.37. The molecule has 1 aliphatic heterocycles. The minimum atomic E-state index is -0.263. The SMILES string of the molecule is CC(C)n1nc(C(=O)NCC2CN(c3ccc4nnc(C5CC5)n4n3)C2)ccc1=O. The van der Waals surface area contributed by atoms with E-state index < -0.39 is 0 Å². The predicted octanol–water partition coefficient (Wildman–Crippen LogP) is 1.01. The minimum Gasteiger partial charge on any atom is -0.354 e. The molecule has 3 aromatic rings. The Hall–Kier alpha value is -3.30. The van der Waals surface area contributed by atoms with Crippen molar-refractivity contribution in [3.05, 3.63) is 46.1 Å². The molecular formula is C20H24N8O2. The summed E-state index contributed by atoms with van der Waals surface area (Å²) in [6.07, 6.45) is 2.31. The molecule has 3 aromatic heterocycles. The highest BCUT2D eigenvalue weighted by molar-refractivity contribution is 5.92. The van der Waals surface area contributed by atoms with E-state index in [1.165, 1.54) is 16.8 Å². The van der Waals surface area contributed by atoms with Crippen molar-refractivity contribution in [2.75, 3.05) is 24.5 Å². The van der Waals surface area contributed by atoms with Gasteiger partial charge in [0.2, 0.25) is 0 Å². The Morgan fingerprint density at radius 3 is 2.67 bits per heavy atom. The molecular weight excluding hydrogens is 384 g/mol. The fourth-order valence-electron chi connectivity index (χ4n) is 3.69. The summed E-state index contributed by atoms with van der Waals surface area (Å²) >= 11 is 0. The second kappa shape index (κ2) is 7.19. The fourth-order valence-corrected chi connectivity index (χ4v) is 3.69. The van der Waals surface area contributed by atoms with Gasteiger partial charge in [-0.25, -0.2) is 4.68 Å². The Kier molecular flexibility index (Phi) is 4.48. The van der Waals surface area contributed by atoms with Gasteiger partial charge in [0.05, 0.1) is 6.04 Å². The van der Waals surface area contributed by atoms with Gasteiger partial charge in [0.15, 0.2) is 11.5 Å². The van der Waals surface area contributed by atoms with Gasteiger partial charge in [-0.2, -0.15) is 9.61 Å². The van der Waals surface area contributed by atoms with Gasteiger partial charge in [0.25, 0.3) is 11.5 Å². The number of nitrogens with one attached hydrogen (secondary N) is 1. The molecule has 2 fully saturated rings. The standard InChI is InChI=1S/C20H24N8O2/c1-12(2)27-18(29)8-5-15(24-27)20(30)21-9-13-10-26(11-13)17-7-6-16-22-23-19(14-3-4-14)28(16)25-17/h5-8,12-14H,3-4,9-11H2,1-2H3,(H,21,30). The Labute approximate surface area is 172 Å². The molecule has 0 bridgehead atoms. The zero-order chi connectivity index (χ0) is 20.8. The molecule has 10 nitrogen and oxygen atoms in total. The Bertz CT molecular complexity index is 1160. The van der Waals surface area contributed by atoms with E-state index in [4.69, 9.17) is 5.10 Å². The summed E-state index contributed by atoms with van der Waals surface area (Å²) in [5.74, 6) is 2.41. The zero-order valence-corrected chi connectivity index (χ0v) is 17.0. The number of amides is 1. The van der Waals surface area contributed by atoms with Crippen LogP contribution in [0.4, 0.5) is 5.82 Å². The van der Waals surface area contributed by atoms with E-state index >= 15 is 0 Å². The molecule has 1 N–H and O–H groups in total. The van der Waals surface area contributed by atoms with Crippen LogP contribution in [0.5, 0.6) is 0 Å². The van der Waals surface area contributed by atoms with Crippen LogP contribution in [-0.4, -0.2) is 55.1 Å². The minimum absolute atomic E-state index is 0.0959. The van der Waals surface area contributed by atoms with Gasteiger partial charge in [-0.3, -0.25) is 9.59 Å². The molecule has 0 aromatic carbocycles. The molecule has 0 radical (unpaired) electrons. The van der Waals surface area contributed by atoms with Crippen LogP contribution in [-0.2, 0) is 0 Å². The first-order valence-corrected chi connectivity index (χ1v) is 10.3. The lowest BCUT2D eigenvalue weighted by atomic mass is 10.0. The average molecular weight is 408 g/mol. The number of rotatable bonds is 6. The highest BCUT2D eigenvalue weighted by Crippen LogP contribution is 2.38. The van der Waals surface area contributed by atoms with E-state index in [1.54, 1.807) is 0 Å². The van der Waals surface area contributed by atoms with E-state index in [-0.39, 0.29) is 23.2 Å². The molecule has 156 valence electrons. The lowest BCUT2D eigenvalue weighted by Crippen LogP contribution is -2.52. The molecule has 1 amide bonds. The van der Waals surface area contributed by atoms with Gasteiger partial charge < -0.3 is 10.2 Å². The van der Waals surface area contributed by atoms with Gasteiger partial charge in [-0.15, -0.1) is 15.3 Å². The van der Waals surface area contributed by atoms with E-state index in [2.05, 4.69) is 25.5 Å². The van der Waals surface area contributed by atoms with Crippen LogP contribution >= 0.6 is 0 Å². The normalized spacial score (nSPS) is 16.8. The first-order chi connectivity index (χ1) is 14.5. The largest absolute Gasteiger partial charge is 0.354 e. The molecule has 30 heavy (non-hydrogen) atoms. The number of nitrogens with zero attached hydrogens (tertiary/aromatic N) is 7. The fraction of sp³-hybridized carbons (Fsp3) is 0.500. The van der Waals surface area contributed by atoms with Crippen molar-refractivity contribution in [2.24, 2.45) is 5.92 Å². The van der Waals surface area contributed by atoms with Crippen LogP contribution < -0.4 is 15.8 Å². The number of carbonyl (C=O) groups excluding carboxylic acids is 1. The van der Waals surface area contributed by atoms with Gasteiger partial charge in [-0.05, 0) is 44.9 Å². The van der Waals surface area contributed by atoms with Crippen molar-refractivity contribution >= 4 is 17.4 Å². The van der Waals surface area contributed by atoms with Crippen LogP contribution in [0.1, 0.15) is 55.0 Å². The van der Waals surface area contributed by atoms with Crippen molar-refractivity contribution in [3.8, 4) is 0 Å². The lowest BCUT2D eigenvalue weighted by molar-refractivity contribution is 0.0936. The van der Waals surface area contributed by atoms with E-state index in [0.717, 1.165) is 43.2 Å². The highest BCUT2D eigenvalue weighted by atomic mass is 16.2. The monoisotopic (exact) mass is 408 g/mol. The van der Waals surface area contributed by atoms with Crippen LogP contribution in [0.15, 0.2) is 29.1 Å². The maximum Gasteiger partial charge on any atom is 0.271 e. The van der Waals surface area contributed by atoms with Crippen molar-refractivity contribution < 1.29 is 4.79 Å². The van der Waals surface area contributed by atoms with Crippen LogP contribution in [0.2, 0.25) is 0 Å². The van der Waals surface area contributed by atoms with E-state index in [9.17, 15) is 9.59 Å². The number of aromatic nitrogens is 6. The summed E-state index contributed by atoms with van der Waals surface area (Å²) < 4.78 is 3.18. The molecule has 0 atom stereocenters. The van der Waals surface area contributed by atoms with Crippen molar-refractivity contribution in [1.29, 1.82) is 0 Å². The van der Waals surface area contributed by atoms with Crippen LogP contribution in [0.3, 0.4) is 0 Å². The lowest BCUT2D eigenvalue weighted by Gasteiger charge is -2.40. The molecule has 1 saturated carbocycles. The second-order valence-electron chi connectivity index (χ2n) is 8.37. The van der Waals surface area contributed by atoms with Gasteiger partial charge >= 0.3 is 0 Å². The van der Waals surface area contributed by atoms with Gasteiger partial charge in [0.1, 0.15) is 11.5 Å². The Balaban J connectivity index is 1.18. The van der Waals surface area contributed by atoms with Gasteiger partial charge in [-0.1, -0.05) is 0 Å². The predicted molar refractivity (Wildman–Crippen MR) is 110 cm³/mol. The summed E-state index contributed by atoms with van der Waals surface area (Å²) in [7, 11) is 0. The smallest absolute Gasteiger partial charge is 0.271 e. The zero-order valence-electron chi connectivity index (χ0n) is 17.0. The maximum atomic E-state index is 12.4. The molecule has 5 rings (SSSR count). The molecule has 4 heterocycles. The topological polar surface area (TPSA) is 110 Å². The Morgan fingerprint density at radius 2 is 1.93 bits per heavy atom. The molecule has 0 unspecified atom stereocenters. The number of hydrogen-bond acceptors (Lipinski definition) is 7. The van der Waals surface area contributed by atoms with Crippen LogP contribution in [0, 0.1) is 5.92 Å². The summed E-state index contributed by atoms with van der Waals surface area (Å²) in [5, 5.41) is 20.3. The highest BCUT2D eigenvalue weighted by Gasteiger charge is 2.31. The number of hydrogen-bond donors (Lipinski definition) is 1. The first kappa shape index (κ1) is 18.7. The maximum absolute atomic E-state index is 12.4. The first-order valence-electron chi connectivity index (χ1n) is 10.3. The van der Waals surface area contributed by atoms with E-state index in [1.807, 2.05) is 30.5 Å². The van der Waals surface area contributed by atoms with Crippen molar-refractivity contribution in [2.45, 2.75) is 38.6 Å². The van der Waals surface area contributed by atoms with Crippen LogP contribution in [0.25, 0.3) is 5.65 Å². The molecule has 1 aliphatic carbocycles.